The molecular weight excluding hydrogens is 266 g/mol. The Kier molecular flexibility index (Phi) is 4.58. The predicted octanol–water partition coefficient (Wildman–Crippen LogP) is 4.17. The topological polar surface area (TPSA) is 53.7 Å². The van der Waals surface area contributed by atoms with Gasteiger partial charge in [-0.1, -0.05) is 12.1 Å². The van der Waals surface area contributed by atoms with Crippen LogP contribution < -0.4 is 19.9 Å². The number of aryl methyl sites for hydroxylation is 1. The summed E-state index contributed by atoms with van der Waals surface area (Å²) in [6, 6.07) is 11.2. The Bertz CT molecular complexity index is 623. The summed E-state index contributed by atoms with van der Waals surface area (Å²) in [4.78, 5) is 0. The number of para-hydroxylation sites is 1. The summed E-state index contributed by atoms with van der Waals surface area (Å²) in [6.07, 6.45) is 0.0523. The minimum Gasteiger partial charge on any atom is -0.493 e. The number of hydrogen-bond acceptors (Lipinski definition) is 4. The van der Waals surface area contributed by atoms with E-state index < -0.39 is 0 Å². The normalized spacial score (nSPS) is 10.5. The summed E-state index contributed by atoms with van der Waals surface area (Å²) in [7, 11) is 1.61. The Balaban J connectivity index is 2.32. The van der Waals surface area contributed by atoms with Gasteiger partial charge in [0.25, 0.3) is 0 Å². The molecule has 2 aromatic rings. The summed E-state index contributed by atoms with van der Waals surface area (Å²) in [5, 5.41) is 0. The van der Waals surface area contributed by atoms with Crippen molar-refractivity contribution in [1.82, 2.24) is 0 Å². The second kappa shape index (κ2) is 6.39. The van der Waals surface area contributed by atoms with E-state index in [1.54, 1.807) is 7.11 Å². The van der Waals surface area contributed by atoms with E-state index in [9.17, 15) is 0 Å². The number of rotatable bonds is 5. The van der Waals surface area contributed by atoms with Gasteiger partial charge in [-0.3, -0.25) is 0 Å². The Morgan fingerprint density at radius 1 is 0.952 bits per heavy atom. The Morgan fingerprint density at radius 3 is 2.33 bits per heavy atom. The molecule has 2 aromatic carbocycles. The van der Waals surface area contributed by atoms with Gasteiger partial charge in [0.15, 0.2) is 17.2 Å². The highest BCUT2D eigenvalue weighted by molar-refractivity contribution is 5.64. The van der Waals surface area contributed by atoms with E-state index in [1.807, 2.05) is 57.2 Å². The maximum absolute atomic E-state index is 6.11. The quantitative estimate of drug-likeness (QED) is 0.839. The molecule has 0 spiro atoms. The van der Waals surface area contributed by atoms with Crippen LogP contribution in [0.5, 0.6) is 23.0 Å². The van der Waals surface area contributed by atoms with Crippen molar-refractivity contribution < 1.29 is 14.2 Å². The third kappa shape index (κ3) is 3.60. The van der Waals surface area contributed by atoms with Crippen LogP contribution in [-0.4, -0.2) is 13.2 Å². The van der Waals surface area contributed by atoms with Crippen LogP contribution in [0.25, 0.3) is 0 Å². The van der Waals surface area contributed by atoms with E-state index in [-0.39, 0.29) is 6.10 Å². The molecule has 112 valence electrons. The van der Waals surface area contributed by atoms with Crippen LogP contribution >= 0.6 is 0 Å². The lowest BCUT2D eigenvalue weighted by Crippen LogP contribution is -2.07. The molecule has 0 amide bonds. The second-order valence-electron chi connectivity index (χ2n) is 5.09. The van der Waals surface area contributed by atoms with Gasteiger partial charge in [-0.2, -0.15) is 0 Å². The average molecular weight is 287 g/mol. The van der Waals surface area contributed by atoms with Gasteiger partial charge < -0.3 is 19.9 Å². The highest BCUT2D eigenvalue weighted by Crippen LogP contribution is 2.38. The molecule has 21 heavy (non-hydrogen) atoms. The number of ether oxygens (including phenoxy) is 3. The van der Waals surface area contributed by atoms with Crippen LogP contribution in [0.15, 0.2) is 36.4 Å². The van der Waals surface area contributed by atoms with Crippen LogP contribution in [-0.2, 0) is 0 Å². The van der Waals surface area contributed by atoms with Gasteiger partial charge in [-0.05, 0) is 50.6 Å². The van der Waals surface area contributed by atoms with Crippen molar-refractivity contribution in [3.05, 3.63) is 42.0 Å². The number of nitrogen functional groups attached to an aromatic ring is 1. The lowest BCUT2D eigenvalue weighted by molar-refractivity contribution is 0.243. The Labute approximate surface area is 125 Å². The standard InChI is InChI=1S/C17H21NO3/c1-11(2)20-14-6-5-7-15(17(14)18)21-13-9-8-12(3)10-16(13)19-4/h5-11H,18H2,1-4H3. The van der Waals surface area contributed by atoms with Crippen molar-refractivity contribution in [2.45, 2.75) is 26.9 Å². The van der Waals surface area contributed by atoms with Gasteiger partial charge in [0.05, 0.1) is 13.2 Å². The number of anilines is 1. The molecule has 0 bridgehead atoms. The lowest BCUT2D eigenvalue weighted by atomic mass is 10.2. The molecule has 0 aromatic heterocycles. The maximum atomic E-state index is 6.11. The fourth-order valence-corrected chi connectivity index (χ4v) is 1.95. The van der Waals surface area contributed by atoms with Gasteiger partial charge in [0.1, 0.15) is 11.4 Å². The van der Waals surface area contributed by atoms with E-state index in [1.165, 1.54) is 0 Å². The zero-order valence-electron chi connectivity index (χ0n) is 12.8. The first-order valence-corrected chi connectivity index (χ1v) is 6.89. The highest BCUT2D eigenvalue weighted by Gasteiger charge is 2.12. The average Bonchev–Trinajstić information content (AvgIpc) is 2.44. The van der Waals surface area contributed by atoms with E-state index in [4.69, 9.17) is 19.9 Å². The first-order valence-electron chi connectivity index (χ1n) is 6.89. The van der Waals surface area contributed by atoms with Crippen molar-refractivity contribution in [1.29, 1.82) is 0 Å². The van der Waals surface area contributed by atoms with Gasteiger partial charge in [-0.25, -0.2) is 0 Å². The lowest BCUT2D eigenvalue weighted by Gasteiger charge is -2.16. The van der Waals surface area contributed by atoms with Crippen LogP contribution in [0.4, 0.5) is 5.69 Å². The molecule has 0 atom stereocenters. The number of methoxy groups -OCH3 is 1. The minimum absolute atomic E-state index is 0.0523. The maximum Gasteiger partial charge on any atom is 0.169 e. The van der Waals surface area contributed by atoms with Crippen molar-refractivity contribution in [2.75, 3.05) is 12.8 Å². The van der Waals surface area contributed by atoms with Gasteiger partial charge in [-0.15, -0.1) is 0 Å². The van der Waals surface area contributed by atoms with E-state index in [0.29, 0.717) is 28.7 Å². The van der Waals surface area contributed by atoms with E-state index in [0.717, 1.165) is 5.56 Å². The van der Waals surface area contributed by atoms with Gasteiger partial charge in [0.2, 0.25) is 0 Å². The Morgan fingerprint density at radius 2 is 1.67 bits per heavy atom. The van der Waals surface area contributed by atoms with Crippen molar-refractivity contribution in [2.24, 2.45) is 0 Å². The summed E-state index contributed by atoms with van der Waals surface area (Å²) in [6.45, 7) is 5.91. The molecule has 0 aliphatic carbocycles. The molecule has 4 nitrogen and oxygen atoms in total. The minimum atomic E-state index is 0.0523. The first-order chi connectivity index (χ1) is 10.0. The predicted molar refractivity (Wildman–Crippen MR) is 84.4 cm³/mol. The second-order valence-corrected chi connectivity index (χ2v) is 5.09. The molecule has 0 saturated carbocycles. The molecule has 4 heteroatoms. The fraction of sp³-hybridized carbons (Fsp3) is 0.294. The smallest absolute Gasteiger partial charge is 0.169 e. The van der Waals surface area contributed by atoms with E-state index >= 15 is 0 Å². The molecule has 0 unspecified atom stereocenters. The first kappa shape index (κ1) is 15.0. The molecule has 0 radical (unpaired) electrons. The number of nitrogens with two attached hydrogens (primary N) is 1. The molecule has 0 aliphatic rings. The van der Waals surface area contributed by atoms with Crippen LogP contribution in [0.1, 0.15) is 19.4 Å². The molecule has 2 rings (SSSR count). The van der Waals surface area contributed by atoms with Crippen LogP contribution in [0.2, 0.25) is 0 Å². The SMILES string of the molecule is COc1cc(C)ccc1Oc1cccc(OC(C)C)c1N. The van der Waals surface area contributed by atoms with Gasteiger partial charge in [0, 0.05) is 0 Å². The summed E-state index contributed by atoms with van der Waals surface area (Å²) in [5.74, 6) is 2.46. The molecule has 0 fully saturated rings. The van der Waals surface area contributed by atoms with E-state index in [2.05, 4.69) is 0 Å². The number of benzene rings is 2. The summed E-state index contributed by atoms with van der Waals surface area (Å²) < 4.78 is 16.9. The summed E-state index contributed by atoms with van der Waals surface area (Å²) in [5.41, 5.74) is 7.69. The van der Waals surface area contributed by atoms with Crippen molar-refractivity contribution in [3.8, 4) is 23.0 Å². The third-order valence-electron chi connectivity index (χ3n) is 2.93. The zero-order valence-corrected chi connectivity index (χ0v) is 12.8. The molecule has 2 N–H and O–H groups in total. The van der Waals surface area contributed by atoms with Crippen LogP contribution in [0, 0.1) is 6.92 Å². The fourth-order valence-electron chi connectivity index (χ4n) is 1.95. The molecule has 0 saturated heterocycles. The molecule has 0 heterocycles. The largest absolute Gasteiger partial charge is 0.493 e. The third-order valence-corrected chi connectivity index (χ3v) is 2.93. The van der Waals surface area contributed by atoms with Crippen molar-refractivity contribution in [3.63, 3.8) is 0 Å². The van der Waals surface area contributed by atoms with Gasteiger partial charge >= 0.3 is 0 Å². The number of hydrogen-bond donors (Lipinski definition) is 1. The molecule has 0 aliphatic heterocycles. The molecular formula is C17H21NO3. The zero-order chi connectivity index (χ0) is 15.4. The summed E-state index contributed by atoms with van der Waals surface area (Å²) >= 11 is 0. The van der Waals surface area contributed by atoms with Crippen LogP contribution in [0.3, 0.4) is 0 Å². The van der Waals surface area contributed by atoms with Crippen molar-refractivity contribution >= 4 is 5.69 Å². The monoisotopic (exact) mass is 287 g/mol. The Hall–Kier alpha value is -2.36. The highest BCUT2D eigenvalue weighted by atomic mass is 16.5.